The second kappa shape index (κ2) is 9.64. The van der Waals surface area contributed by atoms with Crippen molar-refractivity contribution in [1.29, 1.82) is 0 Å². The Kier molecular flexibility index (Phi) is 6.40. The van der Waals surface area contributed by atoms with E-state index in [-0.39, 0.29) is 5.92 Å². The van der Waals surface area contributed by atoms with Gasteiger partial charge in [0.1, 0.15) is 0 Å². The van der Waals surface area contributed by atoms with Gasteiger partial charge in [0.15, 0.2) is 0 Å². The van der Waals surface area contributed by atoms with Crippen LogP contribution in [0.1, 0.15) is 37.8 Å². The summed E-state index contributed by atoms with van der Waals surface area (Å²) in [5.41, 5.74) is 11.3. The van der Waals surface area contributed by atoms with Crippen molar-refractivity contribution < 1.29 is 0 Å². The summed E-state index contributed by atoms with van der Waals surface area (Å²) in [6.07, 6.45) is 10.3. The van der Waals surface area contributed by atoms with E-state index >= 15 is 0 Å². The van der Waals surface area contributed by atoms with Crippen LogP contribution in [0.25, 0.3) is 38.6 Å². The average molecular weight is 518 g/mol. The quantitative estimate of drug-likeness (QED) is 0.240. The Morgan fingerprint density at radius 1 is 0.829 bits per heavy atom. The molecule has 0 aliphatic heterocycles. The first-order chi connectivity index (χ1) is 17.1. The van der Waals surface area contributed by atoms with Crippen LogP contribution in [0.15, 0.2) is 120 Å². The van der Waals surface area contributed by atoms with Gasteiger partial charge in [0, 0.05) is 28.2 Å². The lowest BCUT2D eigenvalue weighted by atomic mass is 9.81. The number of hydrogen-bond donors (Lipinski definition) is 0. The molecule has 1 aliphatic carbocycles. The summed E-state index contributed by atoms with van der Waals surface area (Å²) in [6.45, 7) is 10.8. The molecule has 1 unspecified atom stereocenters. The minimum Gasteiger partial charge on any atom is -0.264 e. The largest absolute Gasteiger partial charge is 0.264 e. The van der Waals surface area contributed by atoms with Crippen molar-refractivity contribution in [3.8, 4) is 22.3 Å². The van der Waals surface area contributed by atoms with E-state index in [2.05, 4.69) is 127 Å². The third-order valence-corrected chi connectivity index (χ3v) is 7.88. The van der Waals surface area contributed by atoms with Gasteiger partial charge in [-0.1, -0.05) is 108 Å². The molecule has 0 saturated heterocycles. The predicted octanol–water partition coefficient (Wildman–Crippen LogP) is 9.87. The van der Waals surface area contributed by atoms with E-state index < -0.39 is 0 Å². The van der Waals surface area contributed by atoms with Crippen molar-refractivity contribution in [3.63, 3.8) is 0 Å². The Morgan fingerprint density at radius 2 is 1.46 bits per heavy atom. The van der Waals surface area contributed by atoms with E-state index in [1.165, 1.54) is 60.9 Å². The maximum atomic E-state index is 4.57. The lowest BCUT2D eigenvalue weighted by Gasteiger charge is -2.22. The summed E-state index contributed by atoms with van der Waals surface area (Å²) in [4.78, 5) is 4.57. The number of pyridine rings is 1. The standard InChI is InChI=1S/C33H28BrN/c1-5-24(28(34)7-3)29-21(4)30-32(23-16-12-9-13-17-23)27-20-35-19-18-26(27)31(33(30)25(29)6-2)22-14-10-8-11-15-22/h5-21H,2H2,1,3-4H3/b24-5-,28-7+. The maximum absolute atomic E-state index is 4.57. The van der Waals surface area contributed by atoms with Crippen LogP contribution in [0.3, 0.4) is 0 Å². The number of benzene rings is 3. The molecule has 0 saturated carbocycles. The molecule has 0 fully saturated rings. The fourth-order valence-electron chi connectivity index (χ4n) is 5.56. The van der Waals surface area contributed by atoms with Crippen LogP contribution in [-0.4, -0.2) is 4.98 Å². The molecule has 0 spiro atoms. The Hall–Kier alpha value is -3.49. The number of aromatic nitrogens is 1. The first-order valence-electron chi connectivity index (χ1n) is 12.0. The molecule has 0 bridgehead atoms. The van der Waals surface area contributed by atoms with Gasteiger partial charge in [-0.25, -0.2) is 0 Å². The minimum absolute atomic E-state index is 0.180. The highest BCUT2D eigenvalue weighted by atomic mass is 79.9. The molecule has 1 heterocycles. The van der Waals surface area contributed by atoms with Gasteiger partial charge >= 0.3 is 0 Å². The van der Waals surface area contributed by atoms with E-state index in [9.17, 15) is 0 Å². The molecule has 0 radical (unpaired) electrons. The summed E-state index contributed by atoms with van der Waals surface area (Å²) < 4.78 is 1.10. The van der Waals surface area contributed by atoms with Crippen molar-refractivity contribution >= 4 is 32.3 Å². The first kappa shape index (κ1) is 23.3. The normalized spacial score (nSPS) is 16.1. The molecule has 1 aliphatic rings. The van der Waals surface area contributed by atoms with E-state index in [0.29, 0.717) is 0 Å². The van der Waals surface area contributed by atoms with Gasteiger partial charge in [0.25, 0.3) is 0 Å². The van der Waals surface area contributed by atoms with Gasteiger partial charge in [-0.15, -0.1) is 0 Å². The molecule has 35 heavy (non-hydrogen) atoms. The lowest BCUT2D eigenvalue weighted by Crippen LogP contribution is -2.02. The molecule has 5 rings (SSSR count). The number of rotatable bonds is 5. The number of allylic oxidation sites excluding steroid dienone is 7. The minimum atomic E-state index is 0.180. The van der Waals surface area contributed by atoms with E-state index in [0.717, 1.165) is 4.48 Å². The van der Waals surface area contributed by atoms with Crippen molar-refractivity contribution in [3.05, 3.63) is 131 Å². The highest BCUT2D eigenvalue weighted by molar-refractivity contribution is 9.12. The number of halogens is 1. The molecule has 4 aromatic rings. The second-order valence-corrected chi connectivity index (χ2v) is 9.64. The molecule has 1 aromatic heterocycles. The van der Waals surface area contributed by atoms with Gasteiger partial charge in [-0.05, 0) is 75.4 Å². The predicted molar refractivity (Wildman–Crippen MR) is 155 cm³/mol. The van der Waals surface area contributed by atoms with Crippen LogP contribution in [0.4, 0.5) is 0 Å². The molecule has 2 heteroatoms. The molecule has 0 amide bonds. The molecule has 172 valence electrons. The SMILES string of the molecule is C=CC1=C(C(=C\C)/C(Br)=C\C)C(C)c2c1c(-c1ccccc1)c1ccncc1c2-c1ccccc1. The highest BCUT2D eigenvalue weighted by Crippen LogP contribution is 2.56. The van der Waals surface area contributed by atoms with Crippen molar-refractivity contribution in [2.75, 3.05) is 0 Å². The highest BCUT2D eigenvalue weighted by Gasteiger charge is 2.35. The van der Waals surface area contributed by atoms with E-state index in [1.54, 1.807) is 0 Å². The van der Waals surface area contributed by atoms with Crippen molar-refractivity contribution in [2.45, 2.75) is 26.7 Å². The lowest BCUT2D eigenvalue weighted by molar-refractivity contribution is 0.938. The first-order valence-corrected chi connectivity index (χ1v) is 12.8. The number of fused-ring (bicyclic) bond motifs is 2. The summed E-state index contributed by atoms with van der Waals surface area (Å²) in [5, 5.41) is 2.39. The summed E-state index contributed by atoms with van der Waals surface area (Å²) in [7, 11) is 0. The van der Waals surface area contributed by atoms with Crippen molar-refractivity contribution in [1.82, 2.24) is 4.98 Å². The number of hydrogen-bond acceptors (Lipinski definition) is 1. The van der Waals surface area contributed by atoms with E-state index in [4.69, 9.17) is 0 Å². The van der Waals surface area contributed by atoms with Gasteiger partial charge in [0.2, 0.25) is 0 Å². The second-order valence-electron chi connectivity index (χ2n) is 8.78. The van der Waals surface area contributed by atoms with Crippen LogP contribution >= 0.6 is 15.9 Å². The Labute approximate surface area is 216 Å². The zero-order valence-corrected chi connectivity index (χ0v) is 21.9. The monoisotopic (exact) mass is 517 g/mol. The summed E-state index contributed by atoms with van der Waals surface area (Å²) >= 11 is 3.83. The van der Waals surface area contributed by atoms with Crippen LogP contribution in [0, 0.1) is 0 Å². The van der Waals surface area contributed by atoms with Gasteiger partial charge < -0.3 is 0 Å². The van der Waals surface area contributed by atoms with Crippen LogP contribution in [0.2, 0.25) is 0 Å². The fraction of sp³-hybridized carbons (Fsp3) is 0.121. The van der Waals surface area contributed by atoms with E-state index in [1.807, 2.05) is 18.5 Å². The van der Waals surface area contributed by atoms with Crippen molar-refractivity contribution in [2.24, 2.45) is 0 Å². The summed E-state index contributed by atoms with van der Waals surface area (Å²) in [6, 6.07) is 23.6. The third-order valence-electron chi connectivity index (χ3n) is 6.99. The van der Waals surface area contributed by atoms with Gasteiger partial charge in [-0.2, -0.15) is 0 Å². The topological polar surface area (TPSA) is 12.9 Å². The zero-order valence-electron chi connectivity index (χ0n) is 20.3. The Balaban J connectivity index is 2.01. The molecule has 1 atom stereocenters. The van der Waals surface area contributed by atoms with Gasteiger partial charge in [0.05, 0.1) is 0 Å². The van der Waals surface area contributed by atoms with Gasteiger partial charge in [-0.3, -0.25) is 4.98 Å². The smallest absolute Gasteiger partial charge is 0.0352 e. The third kappa shape index (κ3) is 3.73. The molecular formula is C33H28BrN. The number of nitrogens with zero attached hydrogens (tertiary/aromatic N) is 1. The van der Waals surface area contributed by atoms with Crippen LogP contribution < -0.4 is 0 Å². The Bertz CT molecular complexity index is 1520. The molecule has 3 aromatic carbocycles. The Morgan fingerprint density at radius 3 is 2.03 bits per heavy atom. The zero-order chi connectivity index (χ0) is 24.5. The van der Waals surface area contributed by atoms with Crippen LogP contribution in [-0.2, 0) is 0 Å². The fourth-order valence-corrected chi connectivity index (χ4v) is 6.01. The summed E-state index contributed by atoms with van der Waals surface area (Å²) in [5.74, 6) is 0.180. The average Bonchev–Trinajstić information content (AvgIpc) is 3.19. The van der Waals surface area contributed by atoms with Crippen LogP contribution in [0.5, 0.6) is 0 Å². The molecule has 1 nitrogen and oxygen atoms in total. The maximum Gasteiger partial charge on any atom is 0.0352 e. The molecular weight excluding hydrogens is 490 g/mol. The molecule has 0 N–H and O–H groups in total.